The van der Waals surface area contributed by atoms with Crippen molar-refractivity contribution in [2.45, 2.75) is 11.8 Å². The summed E-state index contributed by atoms with van der Waals surface area (Å²) in [6.07, 6.45) is -1.26. The molecule has 0 bridgehead atoms. The van der Waals surface area contributed by atoms with E-state index in [1.54, 1.807) is 0 Å². The van der Waals surface area contributed by atoms with Crippen LogP contribution in [-0.4, -0.2) is 27.7 Å². The fraction of sp³-hybridized carbons (Fsp3) is 0.222. The van der Waals surface area contributed by atoms with Gasteiger partial charge in [0.1, 0.15) is 0 Å². The van der Waals surface area contributed by atoms with Crippen LogP contribution >= 0.6 is 12.6 Å². The molecule has 0 aliphatic rings. The Labute approximate surface area is 116 Å². The number of nitrogens with zero attached hydrogens (tertiary/aromatic N) is 2. The van der Waals surface area contributed by atoms with Gasteiger partial charge in [0.15, 0.2) is 0 Å². The molecule has 0 unspecified atom stereocenters. The summed E-state index contributed by atoms with van der Waals surface area (Å²) >= 11 is 3.76. The highest BCUT2D eigenvalue weighted by Gasteiger charge is 2.34. The topological polar surface area (TPSA) is 142 Å². The molecular formula is C9H8N2O8S. The van der Waals surface area contributed by atoms with Gasteiger partial charge < -0.3 is 14.6 Å². The Balaban J connectivity index is 3.44. The summed E-state index contributed by atoms with van der Waals surface area (Å²) in [5.41, 5.74) is -2.07. The number of thiol groups is 1. The highest BCUT2D eigenvalue weighted by molar-refractivity contribution is 7.80. The lowest BCUT2D eigenvalue weighted by Crippen LogP contribution is -2.12. The number of hydrogen-bond acceptors (Lipinski definition) is 9. The third-order valence-electron chi connectivity index (χ3n) is 2.01. The molecule has 10 nitrogen and oxygen atoms in total. The first-order valence-electron chi connectivity index (χ1n) is 5.01. The summed E-state index contributed by atoms with van der Waals surface area (Å²) in [6.45, 7) is 1.43. The second kappa shape index (κ2) is 6.06. The first-order valence-corrected chi connectivity index (χ1v) is 5.46. The maximum Gasteiger partial charge on any atom is 0.514 e. The fourth-order valence-corrected chi connectivity index (χ4v) is 1.53. The third-order valence-corrected chi connectivity index (χ3v) is 2.35. The van der Waals surface area contributed by atoms with Gasteiger partial charge in [0.05, 0.1) is 21.3 Å². The smallest absolute Gasteiger partial charge is 0.497 e. The van der Waals surface area contributed by atoms with E-state index < -0.39 is 38.9 Å². The van der Waals surface area contributed by atoms with Gasteiger partial charge in [0.25, 0.3) is 5.75 Å². The molecule has 0 fully saturated rings. The lowest BCUT2D eigenvalue weighted by Gasteiger charge is -2.08. The molecule has 0 saturated heterocycles. The summed E-state index contributed by atoms with van der Waals surface area (Å²) < 4.78 is 8.95. The summed E-state index contributed by atoms with van der Waals surface area (Å²) in [5, 5.41) is 31.0. The summed E-state index contributed by atoms with van der Waals surface area (Å²) in [6, 6.07) is 0.722. The van der Waals surface area contributed by atoms with Crippen molar-refractivity contribution in [2.24, 2.45) is 0 Å². The zero-order valence-electron chi connectivity index (χ0n) is 9.93. The molecule has 1 rings (SSSR count). The molecule has 0 saturated carbocycles. The van der Waals surface area contributed by atoms with E-state index in [4.69, 9.17) is 0 Å². The van der Waals surface area contributed by atoms with Crippen molar-refractivity contribution in [3.05, 3.63) is 26.3 Å². The van der Waals surface area contributed by atoms with Gasteiger partial charge in [0, 0.05) is 6.07 Å². The second-order valence-electron chi connectivity index (χ2n) is 3.24. The second-order valence-corrected chi connectivity index (χ2v) is 3.72. The summed E-state index contributed by atoms with van der Waals surface area (Å²) in [7, 11) is 0. The van der Waals surface area contributed by atoms with Gasteiger partial charge >= 0.3 is 17.5 Å². The molecule has 1 aromatic rings. The van der Waals surface area contributed by atoms with Crippen molar-refractivity contribution in [3.63, 3.8) is 0 Å². The Kier molecular flexibility index (Phi) is 4.69. The molecule has 108 valence electrons. The summed E-state index contributed by atoms with van der Waals surface area (Å²) in [4.78, 5) is 30.1. The fourth-order valence-electron chi connectivity index (χ4n) is 1.25. The van der Waals surface area contributed by atoms with Crippen LogP contribution in [0.25, 0.3) is 0 Å². The maximum atomic E-state index is 11.2. The van der Waals surface area contributed by atoms with Gasteiger partial charge in [-0.3, -0.25) is 20.2 Å². The SMILES string of the molecule is CCOC(=O)Oc1c(S)cc([N+](=O)[O-])c(O)c1[N+](=O)[O-]. The number of phenols is 1. The van der Waals surface area contributed by atoms with Gasteiger partial charge in [-0.2, -0.15) is 0 Å². The molecule has 20 heavy (non-hydrogen) atoms. The summed E-state index contributed by atoms with van der Waals surface area (Å²) in [5.74, 6) is -1.98. The van der Waals surface area contributed by atoms with E-state index in [2.05, 4.69) is 22.1 Å². The van der Waals surface area contributed by atoms with E-state index in [1.165, 1.54) is 6.92 Å². The van der Waals surface area contributed by atoms with Crippen molar-refractivity contribution in [2.75, 3.05) is 6.61 Å². The first kappa shape index (κ1) is 15.5. The highest BCUT2D eigenvalue weighted by atomic mass is 32.1. The molecule has 0 aromatic heterocycles. The van der Waals surface area contributed by atoms with Gasteiger partial charge in [0.2, 0.25) is 5.75 Å². The lowest BCUT2D eigenvalue weighted by atomic mass is 10.2. The van der Waals surface area contributed by atoms with Crippen LogP contribution in [0.2, 0.25) is 0 Å². The Morgan fingerprint density at radius 1 is 1.40 bits per heavy atom. The van der Waals surface area contributed by atoms with Crippen molar-refractivity contribution in [3.8, 4) is 11.5 Å². The van der Waals surface area contributed by atoms with Crippen LogP contribution in [0, 0.1) is 20.2 Å². The molecule has 0 radical (unpaired) electrons. The van der Waals surface area contributed by atoms with Gasteiger partial charge in [-0.15, -0.1) is 12.6 Å². The number of hydrogen-bond donors (Lipinski definition) is 2. The van der Waals surface area contributed by atoms with Crippen LogP contribution in [0.4, 0.5) is 16.2 Å². The maximum absolute atomic E-state index is 11.2. The molecule has 0 atom stereocenters. The molecule has 1 aromatic carbocycles. The van der Waals surface area contributed by atoms with E-state index in [-0.39, 0.29) is 11.5 Å². The van der Waals surface area contributed by atoms with Crippen LogP contribution in [-0.2, 0) is 4.74 Å². The Hall–Kier alpha value is -2.56. The van der Waals surface area contributed by atoms with E-state index in [9.17, 15) is 30.1 Å². The number of ether oxygens (including phenoxy) is 2. The van der Waals surface area contributed by atoms with Crippen molar-refractivity contribution in [1.29, 1.82) is 0 Å². The van der Waals surface area contributed by atoms with Gasteiger partial charge in [-0.1, -0.05) is 0 Å². The van der Waals surface area contributed by atoms with Crippen LogP contribution in [0.3, 0.4) is 0 Å². The molecular weight excluding hydrogens is 296 g/mol. The normalized spacial score (nSPS) is 9.90. The van der Waals surface area contributed by atoms with E-state index in [1.807, 2.05) is 0 Å². The van der Waals surface area contributed by atoms with Gasteiger partial charge in [-0.05, 0) is 6.92 Å². The van der Waals surface area contributed by atoms with E-state index in [0.29, 0.717) is 0 Å². The molecule has 0 amide bonds. The third kappa shape index (κ3) is 3.06. The Morgan fingerprint density at radius 2 is 2.00 bits per heavy atom. The molecule has 0 aliphatic heterocycles. The Bertz CT molecular complexity index is 588. The molecule has 1 N–H and O–H groups in total. The number of carbonyl (C=O) groups excluding carboxylic acids is 1. The monoisotopic (exact) mass is 304 g/mol. The number of nitro benzene ring substituents is 2. The quantitative estimate of drug-likeness (QED) is 0.283. The molecule has 0 aliphatic carbocycles. The molecule has 0 spiro atoms. The van der Waals surface area contributed by atoms with E-state index in [0.717, 1.165) is 6.07 Å². The minimum Gasteiger partial charge on any atom is -0.497 e. The number of carbonyl (C=O) groups is 1. The van der Waals surface area contributed by atoms with Crippen molar-refractivity contribution < 1.29 is 29.2 Å². The molecule has 11 heteroatoms. The minimum atomic E-state index is -1.26. The number of phenolic OH excluding ortho intramolecular Hbond substituents is 1. The average Bonchev–Trinajstić information content (AvgIpc) is 2.32. The van der Waals surface area contributed by atoms with Crippen molar-refractivity contribution in [1.82, 2.24) is 0 Å². The lowest BCUT2D eigenvalue weighted by molar-refractivity contribution is -0.396. The van der Waals surface area contributed by atoms with Crippen molar-refractivity contribution >= 4 is 30.2 Å². The number of rotatable bonds is 4. The zero-order chi connectivity index (χ0) is 15.4. The predicted molar refractivity (Wildman–Crippen MR) is 66.3 cm³/mol. The number of benzene rings is 1. The first-order chi connectivity index (χ1) is 9.29. The number of nitro groups is 2. The standard InChI is InChI=1S/C9H8N2O8S/c1-2-18-9(13)19-8-5(20)3-4(10(14)15)7(12)6(8)11(16)17/h3,12,20H,2H2,1H3. The van der Waals surface area contributed by atoms with E-state index >= 15 is 0 Å². The largest absolute Gasteiger partial charge is 0.514 e. The minimum absolute atomic E-state index is 0.0481. The average molecular weight is 304 g/mol. The predicted octanol–water partition coefficient (Wildman–Crippen LogP) is 2.03. The Morgan fingerprint density at radius 3 is 2.45 bits per heavy atom. The van der Waals surface area contributed by atoms with Gasteiger partial charge in [-0.25, -0.2) is 4.79 Å². The zero-order valence-corrected chi connectivity index (χ0v) is 10.8. The molecule has 0 heterocycles. The van der Waals surface area contributed by atoms with Crippen LogP contribution < -0.4 is 4.74 Å². The van der Waals surface area contributed by atoms with Crippen LogP contribution in [0.1, 0.15) is 6.92 Å². The van der Waals surface area contributed by atoms with Crippen LogP contribution in [0.5, 0.6) is 11.5 Å². The number of aromatic hydroxyl groups is 1. The van der Waals surface area contributed by atoms with Crippen LogP contribution in [0.15, 0.2) is 11.0 Å². The highest BCUT2D eigenvalue weighted by Crippen LogP contribution is 2.46.